The fourth-order valence-corrected chi connectivity index (χ4v) is 3.26. The molecule has 5 nitrogen and oxygen atoms in total. The van der Waals surface area contributed by atoms with E-state index in [0.717, 1.165) is 11.3 Å². The molecule has 1 heterocycles. The molecule has 3 rings (SSSR count). The Morgan fingerprint density at radius 2 is 2.00 bits per heavy atom. The lowest BCUT2D eigenvalue weighted by Gasteiger charge is -2.18. The molecule has 0 spiro atoms. The summed E-state index contributed by atoms with van der Waals surface area (Å²) in [5, 5.41) is 3.64. The van der Waals surface area contributed by atoms with E-state index in [1.165, 1.54) is 6.92 Å². The summed E-state index contributed by atoms with van der Waals surface area (Å²) < 4.78 is 5.66. The third-order valence-electron chi connectivity index (χ3n) is 3.87. The number of carbonyl (C=O) groups is 2. The van der Waals surface area contributed by atoms with Gasteiger partial charge in [-0.3, -0.25) is 9.59 Å². The van der Waals surface area contributed by atoms with Crippen LogP contribution in [0.3, 0.4) is 0 Å². The first-order valence-corrected chi connectivity index (χ1v) is 8.48. The number of hydrogen-bond acceptors (Lipinski definition) is 3. The minimum absolute atomic E-state index is 0.179. The number of nitrogens with zero attached hydrogens (tertiary/aromatic N) is 1. The van der Waals surface area contributed by atoms with Crippen LogP contribution in [0.4, 0.5) is 5.69 Å². The van der Waals surface area contributed by atoms with Crippen LogP contribution in [0.1, 0.15) is 18.5 Å². The number of ether oxygens (including phenoxy) is 1. The molecular weight excluding hydrogens is 363 g/mol. The number of halogens is 2. The van der Waals surface area contributed by atoms with Crippen LogP contribution in [0.2, 0.25) is 10.0 Å². The van der Waals surface area contributed by atoms with Crippen molar-refractivity contribution in [1.82, 2.24) is 5.32 Å². The quantitative estimate of drug-likeness (QED) is 0.864. The van der Waals surface area contributed by atoms with E-state index in [0.29, 0.717) is 22.3 Å². The molecule has 1 atom stereocenters. The van der Waals surface area contributed by atoms with Crippen molar-refractivity contribution in [3.05, 3.63) is 58.1 Å². The predicted molar refractivity (Wildman–Crippen MR) is 97.3 cm³/mol. The Bertz CT molecular complexity index is 826. The molecule has 2 amide bonds. The maximum atomic E-state index is 12.7. The summed E-state index contributed by atoms with van der Waals surface area (Å²) in [6.45, 7) is 1.99. The Hall–Kier alpha value is -2.24. The number of amides is 2. The molecule has 25 heavy (non-hydrogen) atoms. The van der Waals surface area contributed by atoms with Crippen LogP contribution in [0.25, 0.3) is 0 Å². The van der Waals surface area contributed by atoms with Gasteiger partial charge in [0.2, 0.25) is 5.91 Å². The maximum absolute atomic E-state index is 12.7. The minimum Gasteiger partial charge on any atom is -0.490 e. The number of fused-ring (bicyclic) bond motifs is 1. The van der Waals surface area contributed by atoms with Gasteiger partial charge in [0.15, 0.2) is 0 Å². The first-order chi connectivity index (χ1) is 12.0. The van der Waals surface area contributed by atoms with E-state index in [4.69, 9.17) is 27.9 Å². The number of benzene rings is 2. The first kappa shape index (κ1) is 17.6. The average Bonchev–Trinajstić information content (AvgIpc) is 2.82. The van der Waals surface area contributed by atoms with Crippen molar-refractivity contribution < 1.29 is 14.3 Å². The van der Waals surface area contributed by atoms with E-state index >= 15 is 0 Å². The molecule has 1 N–H and O–H groups in total. The van der Waals surface area contributed by atoms with Crippen LogP contribution in [-0.4, -0.2) is 25.0 Å². The maximum Gasteiger partial charge on any atom is 0.254 e. The molecule has 130 valence electrons. The monoisotopic (exact) mass is 378 g/mol. The van der Waals surface area contributed by atoms with Gasteiger partial charge in [-0.1, -0.05) is 41.4 Å². The van der Waals surface area contributed by atoms with Crippen molar-refractivity contribution >= 4 is 40.7 Å². The molecule has 0 bridgehead atoms. The average molecular weight is 379 g/mol. The van der Waals surface area contributed by atoms with E-state index in [9.17, 15) is 9.59 Å². The topological polar surface area (TPSA) is 58.6 Å². The summed E-state index contributed by atoms with van der Waals surface area (Å²) in [7, 11) is 0. The highest BCUT2D eigenvalue weighted by molar-refractivity contribution is 6.35. The minimum atomic E-state index is -0.659. The van der Waals surface area contributed by atoms with Gasteiger partial charge in [0.1, 0.15) is 18.4 Å². The molecule has 1 aliphatic rings. The molecule has 2 aromatic rings. The summed E-state index contributed by atoms with van der Waals surface area (Å²) in [6.07, 6.45) is 0. The van der Waals surface area contributed by atoms with Crippen molar-refractivity contribution in [2.75, 3.05) is 18.1 Å². The molecule has 1 aliphatic heterocycles. The van der Waals surface area contributed by atoms with Gasteiger partial charge in [-0.05, 0) is 24.3 Å². The van der Waals surface area contributed by atoms with Crippen LogP contribution in [0.15, 0.2) is 42.5 Å². The Kier molecular flexibility index (Phi) is 5.16. The van der Waals surface area contributed by atoms with Crippen molar-refractivity contribution in [2.24, 2.45) is 0 Å². The second-order valence-electron chi connectivity index (χ2n) is 5.61. The van der Waals surface area contributed by atoms with Crippen molar-refractivity contribution in [1.29, 1.82) is 0 Å². The molecule has 0 saturated heterocycles. The Morgan fingerprint density at radius 3 is 2.72 bits per heavy atom. The van der Waals surface area contributed by atoms with Crippen molar-refractivity contribution in [3.63, 3.8) is 0 Å². The third kappa shape index (κ3) is 3.72. The standard InChI is InChI=1S/C18H16Cl2N2O3/c1-11(23)21-17-13-4-2-3-5-15(13)22(18(17)24)8-9-25-16-7-6-12(19)10-14(16)20/h2-7,10,17H,8-9H2,1H3,(H,21,23). The van der Waals surface area contributed by atoms with Crippen molar-refractivity contribution in [2.45, 2.75) is 13.0 Å². The van der Waals surface area contributed by atoms with Crippen LogP contribution in [-0.2, 0) is 9.59 Å². The fraction of sp³-hybridized carbons (Fsp3) is 0.222. The van der Waals surface area contributed by atoms with E-state index in [1.807, 2.05) is 24.3 Å². The fourth-order valence-electron chi connectivity index (χ4n) is 2.80. The van der Waals surface area contributed by atoms with Crippen LogP contribution < -0.4 is 15.0 Å². The zero-order valence-electron chi connectivity index (χ0n) is 13.5. The van der Waals surface area contributed by atoms with E-state index < -0.39 is 6.04 Å². The Balaban J connectivity index is 1.72. The summed E-state index contributed by atoms with van der Waals surface area (Å²) in [6, 6.07) is 11.7. The van der Waals surface area contributed by atoms with Gasteiger partial charge < -0.3 is 15.0 Å². The second-order valence-corrected chi connectivity index (χ2v) is 6.45. The Morgan fingerprint density at radius 1 is 1.24 bits per heavy atom. The largest absolute Gasteiger partial charge is 0.490 e. The van der Waals surface area contributed by atoms with E-state index in [1.54, 1.807) is 23.1 Å². The number of anilines is 1. The van der Waals surface area contributed by atoms with Crippen molar-refractivity contribution in [3.8, 4) is 5.75 Å². The van der Waals surface area contributed by atoms with Gasteiger partial charge in [-0.15, -0.1) is 0 Å². The van der Waals surface area contributed by atoms with E-state index in [-0.39, 0.29) is 18.4 Å². The molecule has 0 aromatic heterocycles. The smallest absolute Gasteiger partial charge is 0.254 e. The second kappa shape index (κ2) is 7.33. The number of rotatable bonds is 5. The number of nitrogens with one attached hydrogen (secondary N) is 1. The number of carbonyl (C=O) groups excluding carboxylic acids is 2. The Labute approximate surface area is 155 Å². The van der Waals surface area contributed by atoms with Gasteiger partial charge in [0, 0.05) is 23.2 Å². The predicted octanol–water partition coefficient (Wildman–Crippen LogP) is 3.60. The summed E-state index contributed by atoms with van der Waals surface area (Å²) in [4.78, 5) is 25.7. The number of para-hydroxylation sites is 1. The van der Waals surface area contributed by atoms with Gasteiger partial charge >= 0.3 is 0 Å². The molecule has 0 saturated carbocycles. The molecule has 7 heteroatoms. The van der Waals surface area contributed by atoms with E-state index in [2.05, 4.69) is 5.32 Å². The lowest BCUT2D eigenvalue weighted by molar-refractivity contribution is -0.126. The SMILES string of the molecule is CC(=O)NC1C(=O)N(CCOc2ccc(Cl)cc2Cl)c2ccccc21. The molecule has 2 aromatic carbocycles. The van der Waals surface area contributed by atoms with Crippen LogP contribution >= 0.6 is 23.2 Å². The lowest BCUT2D eigenvalue weighted by atomic mass is 10.1. The lowest BCUT2D eigenvalue weighted by Crippen LogP contribution is -2.38. The van der Waals surface area contributed by atoms with Crippen LogP contribution in [0.5, 0.6) is 5.75 Å². The third-order valence-corrected chi connectivity index (χ3v) is 4.40. The highest BCUT2D eigenvalue weighted by atomic mass is 35.5. The summed E-state index contributed by atoms with van der Waals surface area (Å²) in [5.74, 6) is 0.0748. The zero-order valence-corrected chi connectivity index (χ0v) is 15.0. The summed E-state index contributed by atoms with van der Waals surface area (Å²) in [5.41, 5.74) is 1.56. The zero-order chi connectivity index (χ0) is 18.0. The number of hydrogen-bond donors (Lipinski definition) is 1. The molecule has 0 aliphatic carbocycles. The highest BCUT2D eigenvalue weighted by Gasteiger charge is 2.37. The van der Waals surface area contributed by atoms with Crippen LogP contribution in [0, 0.1) is 0 Å². The molecular formula is C18H16Cl2N2O3. The van der Waals surface area contributed by atoms with Gasteiger partial charge in [-0.2, -0.15) is 0 Å². The molecule has 0 fully saturated rings. The molecule has 1 unspecified atom stereocenters. The first-order valence-electron chi connectivity index (χ1n) is 7.72. The summed E-state index contributed by atoms with van der Waals surface area (Å²) >= 11 is 11.9. The van der Waals surface area contributed by atoms with Gasteiger partial charge in [0.05, 0.1) is 11.6 Å². The van der Waals surface area contributed by atoms with Gasteiger partial charge in [0.25, 0.3) is 5.91 Å². The normalized spacial score (nSPS) is 15.9. The highest BCUT2D eigenvalue weighted by Crippen LogP contribution is 2.35. The van der Waals surface area contributed by atoms with Gasteiger partial charge in [-0.25, -0.2) is 0 Å². The molecule has 0 radical (unpaired) electrons.